The average molecular weight is 144 g/mol. The Morgan fingerprint density at radius 1 is 1.00 bits per heavy atom. The molecule has 0 saturated heterocycles. The fourth-order valence-electron chi connectivity index (χ4n) is 0.622. The van der Waals surface area contributed by atoms with Crippen molar-refractivity contribution in [3.05, 3.63) is 0 Å². The lowest BCUT2D eigenvalue weighted by molar-refractivity contribution is 0.121. The Morgan fingerprint density at radius 2 is 1.30 bits per heavy atom. The third kappa shape index (κ3) is 1.70. The third-order valence-electron chi connectivity index (χ3n) is 2.83. The summed E-state index contributed by atoms with van der Waals surface area (Å²) >= 11 is 0. The van der Waals surface area contributed by atoms with Gasteiger partial charge in [-0.15, -0.1) is 0 Å². The van der Waals surface area contributed by atoms with Gasteiger partial charge >= 0.3 is 0 Å². The molecule has 0 aliphatic carbocycles. The Hall–Kier alpha value is -0.0800. The zero-order valence-electron chi connectivity index (χ0n) is 7.73. The van der Waals surface area contributed by atoms with Crippen LogP contribution in [-0.2, 0) is 0 Å². The molecule has 10 heavy (non-hydrogen) atoms. The molecule has 0 unspecified atom stereocenters. The van der Waals surface area contributed by atoms with Crippen LogP contribution in [0.15, 0.2) is 0 Å². The van der Waals surface area contributed by atoms with Crippen molar-refractivity contribution in [3.8, 4) is 0 Å². The predicted molar refractivity (Wildman–Crippen MR) is 45.4 cm³/mol. The van der Waals surface area contributed by atoms with Crippen LogP contribution in [0.3, 0.4) is 0 Å². The highest BCUT2D eigenvalue weighted by atomic mass is 15.0. The monoisotopic (exact) mass is 144 g/mol. The highest BCUT2D eigenvalue weighted by molar-refractivity contribution is 4.90. The molecule has 0 spiro atoms. The molecule has 0 aromatic heterocycles. The molecule has 0 atom stereocenters. The fourth-order valence-corrected chi connectivity index (χ4v) is 0.622. The zero-order valence-corrected chi connectivity index (χ0v) is 7.73. The Labute approximate surface area is 64.0 Å². The molecule has 2 heteroatoms. The Balaban J connectivity index is 4.40. The van der Waals surface area contributed by atoms with Gasteiger partial charge in [0.1, 0.15) is 0 Å². The molecule has 4 N–H and O–H groups in total. The Bertz CT molecular complexity index is 109. The van der Waals surface area contributed by atoms with Crippen LogP contribution < -0.4 is 11.5 Å². The minimum Gasteiger partial charge on any atom is -0.313 e. The van der Waals surface area contributed by atoms with Crippen LogP contribution in [0.1, 0.15) is 34.6 Å². The van der Waals surface area contributed by atoms with E-state index in [0.717, 1.165) is 0 Å². The van der Waals surface area contributed by atoms with Gasteiger partial charge in [-0.3, -0.25) is 0 Å². The van der Waals surface area contributed by atoms with Crippen molar-refractivity contribution in [2.24, 2.45) is 22.8 Å². The lowest BCUT2D eigenvalue weighted by atomic mass is 9.72. The lowest BCUT2D eigenvalue weighted by Gasteiger charge is -2.41. The molecule has 0 amide bonds. The molecule has 0 rings (SSSR count). The number of hydrogen-bond donors (Lipinski definition) is 2. The summed E-state index contributed by atoms with van der Waals surface area (Å²) in [6.45, 7) is 10.3. The first-order valence-electron chi connectivity index (χ1n) is 3.77. The zero-order chi connectivity index (χ0) is 8.58. The molecular weight excluding hydrogens is 124 g/mol. The van der Waals surface area contributed by atoms with E-state index in [0.29, 0.717) is 5.92 Å². The van der Waals surface area contributed by atoms with E-state index in [-0.39, 0.29) is 5.41 Å². The van der Waals surface area contributed by atoms with Gasteiger partial charge in [0.15, 0.2) is 0 Å². The minimum absolute atomic E-state index is 0.00694. The second kappa shape index (κ2) is 2.51. The number of rotatable bonds is 2. The van der Waals surface area contributed by atoms with Gasteiger partial charge in [0.05, 0.1) is 5.66 Å². The molecule has 0 aromatic carbocycles. The first-order chi connectivity index (χ1) is 4.19. The first-order valence-corrected chi connectivity index (χ1v) is 3.77. The number of nitrogens with two attached hydrogens (primary N) is 2. The van der Waals surface area contributed by atoms with Crippen molar-refractivity contribution in [1.29, 1.82) is 0 Å². The van der Waals surface area contributed by atoms with Gasteiger partial charge in [0.25, 0.3) is 0 Å². The van der Waals surface area contributed by atoms with E-state index in [1.54, 1.807) is 0 Å². The highest BCUT2D eigenvalue weighted by Crippen LogP contribution is 2.32. The van der Waals surface area contributed by atoms with Crippen molar-refractivity contribution in [2.45, 2.75) is 40.3 Å². The molecule has 0 aromatic rings. The molecule has 0 bridgehead atoms. The molecule has 0 fully saturated rings. The summed E-state index contributed by atoms with van der Waals surface area (Å²) in [7, 11) is 0. The van der Waals surface area contributed by atoms with Crippen molar-refractivity contribution in [1.82, 2.24) is 0 Å². The topological polar surface area (TPSA) is 52.0 Å². The van der Waals surface area contributed by atoms with Crippen LogP contribution in [-0.4, -0.2) is 5.66 Å². The maximum Gasteiger partial charge on any atom is 0.0662 e. The van der Waals surface area contributed by atoms with E-state index in [4.69, 9.17) is 11.5 Å². The van der Waals surface area contributed by atoms with Crippen LogP contribution in [0.2, 0.25) is 0 Å². The summed E-state index contributed by atoms with van der Waals surface area (Å²) in [5.74, 6) is 0.507. The molecule has 0 aliphatic heterocycles. The van der Waals surface area contributed by atoms with Crippen LogP contribution in [0.5, 0.6) is 0 Å². The van der Waals surface area contributed by atoms with Crippen LogP contribution >= 0.6 is 0 Å². The summed E-state index contributed by atoms with van der Waals surface area (Å²) in [5, 5.41) is 0. The summed E-state index contributed by atoms with van der Waals surface area (Å²) in [4.78, 5) is 0. The van der Waals surface area contributed by atoms with Crippen LogP contribution in [0.4, 0.5) is 0 Å². The maximum atomic E-state index is 5.79. The summed E-state index contributed by atoms with van der Waals surface area (Å²) in [5.41, 5.74) is 11.0. The van der Waals surface area contributed by atoms with Gasteiger partial charge in [-0.25, -0.2) is 0 Å². The highest BCUT2D eigenvalue weighted by Gasteiger charge is 2.36. The molecule has 0 saturated carbocycles. The summed E-state index contributed by atoms with van der Waals surface area (Å²) in [6, 6.07) is 0. The van der Waals surface area contributed by atoms with E-state index in [1.165, 1.54) is 0 Å². The van der Waals surface area contributed by atoms with E-state index < -0.39 is 5.66 Å². The van der Waals surface area contributed by atoms with Gasteiger partial charge in [0.2, 0.25) is 0 Å². The largest absolute Gasteiger partial charge is 0.313 e. The van der Waals surface area contributed by atoms with Crippen molar-refractivity contribution in [2.75, 3.05) is 0 Å². The summed E-state index contributed by atoms with van der Waals surface area (Å²) in [6.07, 6.45) is 0. The smallest absolute Gasteiger partial charge is 0.0662 e. The molecule has 0 heterocycles. The van der Waals surface area contributed by atoms with E-state index >= 15 is 0 Å². The standard InChI is InChI=1S/C8H20N2/c1-6(2)7(3,4)8(5,9)10/h6H,9-10H2,1-5H3. The van der Waals surface area contributed by atoms with Crippen molar-refractivity contribution in [3.63, 3.8) is 0 Å². The maximum absolute atomic E-state index is 5.79. The fraction of sp³-hybridized carbons (Fsp3) is 1.00. The lowest BCUT2D eigenvalue weighted by Crippen LogP contribution is -2.59. The van der Waals surface area contributed by atoms with Crippen LogP contribution in [0, 0.1) is 11.3 Å². The predicted octanol–water partition coefficient (Wildman–Crippen LogP) is 1.30. The first kappa shape index (κ1) is 9.92. The van der Waals surface area contributed by atoms with Gasteiger partial charge in [-0.1, -0.05) is 27.7 Å². The van der Waals surface area contributed by atoms with E-state index in [2.05, 4.69) is 27.7 Å². The third-order valence-corrected chi connectivity index (χ3v) is 2.83. The molecule has 0 radical (unpaired) electrons. The molecule has 62 valence electrons. The van der Waals surface area contributed by atoms with Gasteiger partial charge in [-0.05, 0) is 18.3 Å². The van der Waals surface area contributed by atoms with E-state index in [1.807, 2.05) is 6.92 Å². The van der Waals surface area contributed by atoms with Gasteiger partial charge in [0, 0.05) is 0 Å². The molecule has 0 aliphatic rings. The summed E-state index contributed by atoms with van der Waals surface area (Å²) < 4.78 is 0. The number of hydrogen-bond acceptors (Lipinski definition) is 2. The van der Waals surface area contributed by atoms with Gasteiger partial charge in [-0.2, -0.15) is 0 Å². The van der Waals surface area contributed by atoms with Gasteiger partial charge < -0.3 is 11.5 Å². The normalized spacial score (nSPS) is 14.4. The van der Waals surface area contributed by atoms with Crippen LogP contribution in [0.25, 0.3) is 0 Å². The Morgan fingerprint density at radius 3 is 1.30 bits per heavy atom. The Kier molecular flexibility index (Phi) is 2.49. The molecular formula is C8H20N2. The quantitative estimate of drug-likeness (QED) is 0.574. The van der Waals surface area contributed by atoms with Crippen molar-refractivity contribution >= 4 is 0 Å². The van der Waals surface area contributed by atoms with E-state index in [9.17, 15) is 0 Å². The SMILES string of the molecule is CC(C)C(C)(C)C(C)(N)N. The van der Waals surface area contributed by atoms with Crippen molar-refractivity contribution < 1.29 is 0 Å². The molecule has 2 nitrogen and oxygen atoms in total. The second-order valence-electron chi connectivity index (χ2n) is 4.16. The minimum atomic E-state index is -0.582. The second-order valence-corrected chi connectivity index (χ2v) is 4.16. The average Bonchev–Trinajstić information content (AvgIpc) is 1.62.